The first kappa shape index (κ1) is 15.1. The van der Waals surface area contributed by atoms with Crippen molar-refractivity contribution in [2.24, 2.45) is 0 Å². The molecule has 108 valence electrons. The van der Waals surface area contributed by atoms with E-state index in [1.807, 2.05) is 19.9 Å². The van der Waals surface area contributed by atoms with E-state index in [4.69, 9.17) is 16.0 Å². The van der Waals surface area contributed by atoms with Gasteiger partial charge < -0.3 is 4.42 Å². The van der Waals surface area contributed by atoms with Crippen LogP contribution in [0.1, 0.15) is 22.6 Å². The summed E-state index contributed by atoms with van der Waals surface area (Å²) in [6, 6.07) is 8.66. The Morgan fingerprint density at radius 3 is 2.60 bits per heavy atom. The van der Waals surface area contributed by atoms with E-state index in [2.05, 4.69) is 4.72 Å². The van der Waals surface area contributed by atoms with Gasteiger partial charge in [0, 0.05) is 17.1 Å². The van der Waals surface area contributed by atoms with Gasteiger partial charge in [-0.3, -0.25) is 0 Å². The van der Waals surface area contributed by atoms with E-state index in [-0.39, 0.29) is 12.3 Å². The number of rotatable bonds is 5. The van der Waals surface area contributed by atoms with E-state index in [1.54, 1.807) is 24.3 Å². The second kappa shape index (κ2) is 5.99. The molecule has 2 rings (SSSR count). The Morgan fingerprint density at radius 2 is 2.00 bits per heavy atom. The van der Waals surface area contributed by atoms with Gasteiger partial charge in [-0.1, -0.05) is 23.7 Å². The van der Waals surface area contributed by atoms with Crippen LogP contribution >= 0.6 is 11.6 Å². The lowest BCUT2D eigenvalue weighted by molar-refractivity contribution is 0.500. The highest BCUT2D eigenvalue weighted by atomic mass is 35.5. The van der Waals surface area contributed by atoms with Crippen LogP contribution in [0.5, 0.6) is 0 Å². The van der Waals surface area contributed by atoms with Crippen LogP contribution in [-0.2, 0) is 22.3 Å². The van der Waals surface area contributed by atoms with Crippen molar-refractivity contribution < 1.29 is 12.8 Å². The quantitative estimate of drug-likeness (QED) is 0.922. The van der Waals surface area contributed by atoms with Gasteiger partial charge in [0.1, 0.15) is 11.5 Å². The Kier molecular flexibility index (Phi) is 4.52. The number of sulfonamides is 1. The van der Waals surface area contributed by atoms with E-state index in [1.165, 1.54) is 0 Å². The fourth-order valence-corrected chi connectivity index (χ4v) is 3.25. The summed E-state index contributed by atoms with van der Waals surface area (Å²) in [5.74, 6) is 1.41. The smallest absolute Gasteiger partial charge is 0.216 e. The van der Waals surface area contributed by atoms with Crippen molar-refractivity contribution in [3.05, 3.63) is 58.0 Å². The number of hydrogen-bond acceptors (Lipinski definition) is 3. The predicted octanol–water partition coefficient (Wildman–Crippen LogP) is 3.17. The zero-order valence-electron chi connectivity index (χ0n) is 11.3. The van der Waals surface area contributed by atoms with Gasteiger partial charge in [0.15, 0.2) is 0 Å². The highest BCUT2D eigenvalue weighted by Crippen LogP contribution is 2.15. The molecule has 0 radical (unpaired) electrons. The SMILES string of the molecule is Cc1cc(CNS(=O)(=O)Cc2cccc(Cl)c2)c(C)o1. The van der Waals surface area contributed by atoms with Crippen molar-refractivity contribution in [2.75, 3.05) is 0 Å². The van der Waals surface area contributed by atoms with Crippen LogP contribution in [0.15, 0.2) is 34.7 Å². The molecule has 0 spiro atoms. The van der Waals surface area contributed by atoms with Gasteiger partial charge in [-0.05, 0) is 37.6 Å². The lowest BCUT2D eigenvalue weighted by Crippen LogP contribution is -2.24. The Morgan fingerprint density at radius 1 is 1.25 bits per heavy atom. The van der Waals surface area contributed by atoms with Crippen molar-refractivity contribution >= 4 is 21.6 Å². The molecule has 0 atom stereocenters. The average Bonchev–Trinajstić information content (AvgIpc) is 2.65. The molecule has 0 aliphatic heterocycles. The van der Waals surface area contributed by atoms with Crippen molar-refractivity contribution in [2.45, 2.75) is 26.1 Å². The summed E-state index contributed by atoms with van der Waals surface area (Å²) < 4.78 is 32.0. The minimum atomic E-state index is -3.41. The molecule has 20 heavy (non-hydrogen) atoms. The highest BCUT2D eigenvalue weighted by molar-refractivity contribution is 7.88. The van der Waals surface area contributed by atoms with Crippen molar-refractivity contribution in [1.29, 1.82) is 0 Å². The Labute approximate surface area is 123 Å². The number of aryl methyl sites for hydroxylation is 2. The molecule has 0 saturated carbocycles. The molecular formula is C14H16ClNO3S. The first-order valence-electron chi connectivity index (χ1n) is 6.13. The molecule has 0 aliphatic carbocycles. The molecule has 0 amide bonds. The fourth-order valence-electron chi connectivity index (χ4n) is 1.94. The monoisotopic (exact) mass is 313 g/mol. The topological polar surface area (TPSA) is 59.3 Å². The van der Waals surface area contributed by atoms with Gasteiger partial charge in [-0.2, -0.15) is 0 Å². The second-order valence-corrected chi connectivity index (χ2v) is 6.89. The number of furan rings is 1. The average molecular weight is 314 g/mol. The second-order valence-electron chi connectivity index (χ2n) is 4.65. The summed E-state index contributed by atoms with van der Waals surface area (Å²) in [5, 5.41) is 0.527. The standard InChI is InChI=1S/C14H16ClNO3S/c1-10-6-13(11(2)19-10)8-16-20(17,18)9-12-4-3-5-14(15)7-12/h3-7,16H,8-9H2,1-2H3. The van der Waals surface area contributed by atoms with Gasteiger partial charge in [0.05, 0.1) is 5.75 Å². The zero-order chi connectivity index (χ0) is 14.8. The molecule has 1 aromatic heterocycles. The van der Waals surface area contributed by atoms with Gasteiger partial charge in [-0.15, -0.1) is 0 Å². The maximum Gasteiger partial charge on any atom is 0.216 e. The van der Waals surface area contributed by atoms with Crippen LogP contribution < -0.4 is 4.72 Å². The number of halogens is 1. The minimum Gasteiger partial charge on any atom is -0.466 e. The largest absolute Gasteiger partial charge is 0.466 e. The van der Waals surface area contributed by atoms with Crippen LogP contribution in [0.4, 0.5) is 0 Å². The lowest BCUT2D eigenvalue weighted by atomic mass is 10.2. The molecule has 6 heteroatoms. The third-order valence-electron chi connectivity index (χ3n) is 2.87. The first-order valence-corrected chi connectivity index (χ1v) is 8.16. The van der Waals surface area contributed by atoms with Crippen LogP contribution in [0, 0.1) is 13.8 Å². The van der Waals surface area contributed by atoms with Crippen molar-refractivity contribution in [3.63, 3.8) is 0 Å². The van der Waals surface area contributed by atoms with Gasteiger partial charge in [0.2, 0.25) is 10.0 Å². The van der Waals surface area contributed by atoms with Gasteiger partial charge in [0.25, 0.3) is 0 Å². The summed E-state index contributed by atoms with van der Waals surface area (Å²) in [4.78, 5) is 0. The maximum atomic E-state index is 12.0. The van der Waals surface area contributed by atoms with Gasteiger partial charge in [-0.25, -0.2) is 13.1 Å². The molecule has 0 fully saturated rings. The van der Waals surface area contributed by atoms with E-state index < -0.39 is 10.0 Å². The normalized spacial score (nSPS) is 11.8. The highest BCUT2D eigenvalue weighted by Gasteiger charge is 2.13. The number of nitrogens with one attached hydrogen (secondary N) is 1. The molecule has 1 N–H and O–H groups in total. The summed E-state index contributed by atoms with van der Waals surface area (Å²) in [6.07, 6.45) is 0. The maximum absolute atomic E-state index is 12.0. The third kappa shape index (κ3) is 4.10. The molecule has 0 aliphatic rings. The Balaban J connectivity index is 2.03. The molecule has 0 bridgehead atoms. The number of benzene rings is 1. The van der Waals surface area contributed by atoms with Crippen LogP contribution in [0.2, 0.25) is 5.02 Å². The molecule has 2 aromatic rings. The molecular weight excluding hydrogens is 298 g/mol. The van der Waals surface area contributed by atoms with Crippen LogP contribution in [0.25, 0.3) is 0 Å². The molecule has 0 saturated heterocycles. The lowest BCUT2D eigenvalue weighted by Gasteiger charge is -2.06. The van der Waals surface area contributed by atoms with E-state index in [0.29, 0.717) is 10.6 Å². The number of hydrogen-bond donors (Lipinski definition) is 1. The van der Waals surface area contributed by atoms with Crippen molar-refractivity contribution in [1.82, 2.24) is 4.72 Å². The summed E-state index contributed by atoms with van der Waals surface area (Å²) in [6.45, 7) is 3.87. The fraction of sp³-hybridized carbons (Fsp3) is 0.286. The molecule has 1 heterocycles. The predicted molar refractivity (Wildman–Crippen MR) is 79.1 cm³/mol. The molecule has 4 nitrogen and oxygen atoms in total. The summed E-state index contributed by atoms with van der Waals surface area (Å²) >= 11 is 5.84. The Bertz CT molecular complexity index is 707. The summed E-state index contributed by atoms with van der Waals surface area (Å²) in [5.41, 5.74) is 1.50. The minimum absolute atomic E-state index is 0.0938. The van der Waals surface area contributed by atoms with E-state index in [9.17, 15) is 8.42 Å². The van der Waals surface area contributed by atoms with Crippen molar-refractivity contribution in [3.8, 4) is 0 Å². The molecule has 0 unspecified atom stereocenters. The molecule has 1 aromatic carbocycles. The third-order valence-corrected chi connectivity index (χ3v) is 4.40. The van der Waals surface area contributed by atoms with Crippen LogP contribution in [0.3, 0.4) is 0 Å². The van der Waals surface area contributed by atoms with E-state index in [0.717, 1.165) is 17.1 Å². The Hall–Kier alpha value is -1.30. The zero-order valence-corrected chi connectivity index (χ0v) is 12.9. The first-order chi connectivity index (χ1) is 9.35. The van der Waals surface area contributed by atoms with Crippen LogP contribution in [-0.4, -0.2) is 8.42 Å². The van der Waals surface area contributed by atoms with E-state index >= 15 is 0 Å². The summed E-state index contributed by atoms with van der Waals surface area (Å²) in [7, 11) is -3.41. The van der Waals surface area contributed by atoms with Gasteiger partial charge >= 0.3 is 0 Å².